The Morgan fingerprint density at radius 3 is 2.34 bits per heavy atom. The highest BCUT2D eigenvalue weighted by Gasteiger charge is 2.32. The predicted octanol–water partition coefficient (Wildman–Crippen LogP) is 5.29. The van der Waals surface area contributed by atoms with E-state index in [2.05, 4.69) is 9.46 Å². The van der Waals surface area contributed by atoms with Gasteiger partial charge in [-0.2, -0.15) is 13.2 Å². The van der Waals surface area contributed by atoms with E-state index in [0.717, 1.165) is 29.5 Å². The Morgan fingerprint density at radius 1 is 1.03 bits per heavy atom. The van der Waals surface area contributed by atoms with Crippen LogP contribution < -0.4 is 9.46 Å². The zero-order valence-electron chi connectivity index (χ0n) is 14.3. The summed E-state index contributed by atoms with van der Waals surface area (Å²) < 4.78 is 70.6. The summed E-state index contributed by atoms with van der Waals surface area (Å²) in [4.78, 5) is 10.8. The lowest BCUT2D eigenvalue weighted by molar-refractivity contribution is -0.137. The van der Waals surface area contributed by atoms with Crippen LogP contribution in [0.4, 0.5) is 23.7 Å². The van der Waals surface area contributed by atoms with Crippen molar-refractivity contribution < 1.29 is 36.2 Å². The zero-order valence-corrected chi connectivity index (χ0v) is 15.9. The van der Waals surface area contributed by atoms with Crippen LogP contribution in [0.15, 0.2) is 65.6 Å². The fraction of sp³-hybridized carbons (Fsp3) is 0.0556. The molecule has 11 heteroatoms. The van der Waals surface area contributed by atoms with Gasteiger partial charge in [-0.25, -0.2) is 13.2 Å². The van der Waals surface area contributed by atoms with E-state index in [-0.39, 0.29) is 10.8 Å². The van der Waals surface area contributed by atoms with Crippen LogP contribution in [-0.4, -0.2) is 19.7 Å². The molecule has 3 rings (SSSR count). The number of anilines is 1. The molecule has 1 aromatic heterocycles. The van der Waals surface area contributed by atoms with Gasteiger partial charge in [-0.15, -0.1) is 0 Å². The highest BCUT2D eigenvalue weighted by molar-refractivity contribution is 7.92. The minimum Gasteiger partial charge on any atom is -0.449 e. The Kier molecular flexibility index (Phi) is 5.53. The first-order chi connectivity index (χ1) is 13.6. The Hall–Kier alpha value is -3.05. The summed E-state index contributed by atoms with van der Waals surface area (Å²) in [6.45, 7) is 0. The molecule has 2 N–H and O–H groups in total. The van der Waals surface area contributed by atoms with Crippen LogP contribution in [0.5, 0.6) is 5.06 Å². The summed E-state index contributed by atoms with van der Waals surface area (Å²) in [6.07, 6.45) is -6.38. The van der Waals surface area contributed by atoms with Gasteiger partial charge in [-0.05, 0) is 29.8 Å². The number of sulfonamides is 1. The molecule has 0 amide bonds. The number of thiophene rings is 1. The molecule has 152 valence electrons. The van der Waals surface area contributed by atoms with Crippen LogP contribution in [-0.2, 0) is 16.2 Å². The van der Waals surface area contributed by atoms with Gasteiger partial charge in [0.2, 0.25) is 5.06 Å². The molecule has 0 saturated carbocycles. The van der Waals surface area contributed by atoms with Crippen LogP contribution in [0.25, 0.3) is 10.4 Å². The molecule has 0 spiro atoms. The second kappa shape index (κ2) is 7.76. The topological polar surface area (TPSA) is 92.7 Å². The summed E-state index contributed by atoms with van der Waals surface area (Å²) >= 11 is 0.874. The van der Waals surface area contributed by atoms with Gasteiger partial charge in [-0.1, -0.05) is 47.7 Å². The molecular weight excluding hydrogens is 431 g/mol. The number of ether oxygens (including phenoxy) is 1. The molecule has 2 aromatic carbocycles. The van der Waals surface area contributed by atoms with Gasteiger partial charge in [0.15, 0.2) is 0 Å². The number of nitrogens with one attached hydrogen (secondary N) is 1. The first-order valence-corrected chi connectivity index (χ1v) is 10.2. The highest BCUT2D eigenvalue weighted by Crippen LogP contribution is 2.42. The van der Waals surface area contributed by atoms with Crippen molar-refractivity contribution in [3.05, 3.63) is 66.2 Å². The number of halogens is 3. The summed E-state index contributed by atoms with van der Waals surface area (Å²) in [5.41, 5.74) is -0.649. The molecule has 6 nitrogen and oxygen atoms in total. The fourth-order valence-corrected chi connectivity index (χ4v) is 4.52. The van der Waals surface area contributed by atoms with Crippen molar-refractivity contribution in [2.24, 2.45) is 0 Å². The normalized spacial score (nSPS) is 11.8. The molecule has 0 radical (unpaired) electrons. The maximum atomic E-state index is 12.9. The third-order valence-corrected chi connectivity index (χ3v) is 6.08. The molecule has 29 heavy (non-hydrogen) atoms. The smallest absolute Gasteiger partial charge is 0.449 e. The van der Waals surface area contributed by atoms with Gasteiger partial charge in [-0.3, -0.25) is 4.72 Å². The fourth-order valence-electron chi connectivity index (χ4n) is 2.39. The van der Waals surface area contributed by atoms with Crippen molar-refractivity contribution >= 4 is 33.2 Å². The van der Waals surface area contributed by atoms with Crippen LogP contribution in [0, 0.1) is 0 Å². The van der Waals surface area contributed by atoms with Gasteiger partial charge < -0.3 is 9.84 Å². The number of benzene rings is 2. The average molecular weight is 443 g/mol. The Bertz CT molecular complexity index is 1140. The zero-order chi connectivity index (χ0) is 21.2. The minimum absolute atomic E-state index is 0.200. The van der Waals surface area contributed by atoms with E-state index in [9.17, 15) is 26.4 Å². The number of carboxylic acid groups (broad SMARTS) is 1. The number of alkyl halides is 3. The average Bonchev–Trinajstić information content (AvgIpc) is 3.03. The van der Waals surface area contributed by atoms with Gasteiger partial charge in [0.25, 0.3) is 10.0 Å². The van der Waals surface area contributed by atoms with Crippen LogP contribution in [0.1, 0.15) is 5.56 Å². The lowest BCUT2D eigenvalue weighted by Crippen LogP contribution is -2.15. The Labute approximate surface area is 167 Å². The molecule has 0 aliphatic carbocycles. The van der Waals surface area contributed by atoms with Crippen molar-refractivity contribution in [1.29, 1.82) is 0 Å². The lowest BCUT2D eigenvalue weighted by atomic mass is 10.2. The summed E-state index contributed by atoms with van der Waals surface area (Å²) in [5.74, 6) is 0. The number of rotatable bonds is 5. The van der Waals surface area contributed by atoms with Crippen LogP contribution >= 0.6 is 11.3 Å². The van der Waals surface area contributed by atoms with Crippen LogP contribution in [0.3, 0.4) is 0 Å². The maximum absolute atomic E-state index is 12.9. The van der Waals surface area contributed by atoms with Crippen molar-refractivity contribution in [2.75, 3.05) is 4.72 Å². The quantitative estimate of drug-likeness (QED) is 0.523. The third kappa shape index (κ3) is 4.87. The van der Waals surface area contributed by atoms with Crippen molar-refractivity contribution in [2.45, 2.75) is 11.1 Å². The van der Waals surface area contributed by atoms with E-state index in [1.54, 1.807) is 30.3 Å². The first-order valence-electron chi connectivity index (χ1n) is 7.86. The number of hydrogen-bond acceptors (Lipinski definition) is 5. The van der Waals surface area contributed by atoms with Gasteiger partial charge in [0.1, 0.15) is 5.69 Å². The Morgan fingerprint density at radius 2 is 1.72 bits per heavy atom. The molecule has 0 atom stereocenters. The monoisotopic (exact) mass is 443 g/mol. The molecule has 3 aromatic rings. The largest absolute Gasteiger partial charge is 0.512 e. The molecule has 0 fully saturated rings. The SMILES string of the molecule is O=C(O)Oc1sc(-c2ccccc2)cc1NS(=O)(=O)c1cccc(C(F)(F)F)c1. The van der Waals surface area contributed by atoms with E-state index >= 15 is 0 Å². The summed E-state index contributed by atoms with van der Waals surface area (Å²) in [6, 6.07) is 13.2. The first kappa shape index (κ1) is 20.7. The van der Waals surface area contributed by atoms with Crippen molar-refractivity contribution in [1.82, 2.24) is 0 Å². The minimum atomic E-state index is -4.72. The van der Waals surface area contributed by atoms with Gasteiger partial charge >= 0.3 is 12.3 Å². The third-order valence-electron chi connectivity index (χ3n) is 3.65. The van der Waals surface area contributed by atoms with E-state index < -0.39 is 32.8 Å². The molecule has 0 saturated heterocycles. The van der Waals surface area contributed by atoms with Crippen molar-refractivity contribution in [3.8, 4) is 15.5 Å². The number of carbonyl (C=O) groups is 1. The summed E-state index contributed by atoms with van der Waals surface area (Å²) in [5, 5.41) is 8.64. The summed E-state index contributed by atoms with van der Waals surface area (Å²) in [7, 11) is -4.44. The maximum Gasteiger partial charge on any atom is 0.512 e. The second-order valence-corrected chi connectivity index (χ2v) is 8.37. The van der Waals surface area contributed by atoms with E-state index in [4.69, 9.17) is 5.11 Å². The highest BCUT2D eigenvalue weighted by atomic mass is 32.2. The molecular formula is C18H12F3NO5S2. The molecule has 0 bridgehead atoms. The van der Waals surface area contributed by atoms with E-state index in [1.807, 2.05) is 0 Å². The van der Waals surface area contributed by atoms with E-state index in [0.29, 0.717) is 16.5 Å². The lowest BCUT2D eigenvalue weighted by Gasteiger charge is -2.11. The molecule has 0 unspecified atom stereocenters. The molecule has 0 aliphatic heterocycles. The molecule has 0 aliphatic rings. The van der Waals surface area contributed by atoms with Crippen molar-refractivity contribution in [3.63, 3.8) is 0 Å². The Balaban J connectivity index is 2.00. The molecule has 1 heterocycles. The van der Waals surface area contributed by atoms with E-state index in [1.165, 1.54) is 6.07 Å². The number of hydrogen-bond donors (Lipinski definition) is 2. The van der Waals surface area contributed by atoms with Crippen LogP contribution in [0.2, 0.25) is 0 Å². The standard InChI is InChI=1S/C18H12F3NO5S2/c19-18(20,21)12-7-4-8-13(9-12)29(25,26)22-14-10-15(11-5-2-1-3-6-11)28-16(14)27-17(23)24/h1-10,22H,(H,23,24). The van der Waals surface area contributed by atoms with Gasteiger partial charge in [0.05, 0.1) is 10.5 Å². The predicted molar refractivity (Wildman–Crippen MR) is 101 cm³/mol. The van der Waals surface area contributed by atoms with Gasteiger partial charge in [0, 0.05) is 4.88 Å². The second-order valence-electron chi connectivity index (χ2n) is 5.68.